The highest BCUT2D eigenvalue weighted by Crippen LogP contribution is 2.20. The first-order valence-electron chi connectivity index (χ1n) is 4.05. The van der Waals surface area contributed by atoms with Gasteiger partial charge in [0.1, 0.15) is 5.02 Å². The Morgan fingerprint density at radius 3 is 2.60 bits per heavy atom. The number of methoxy groups -OCH3 is 1. The number of hydrogen-bond donors (Lipinski definition) is 1. The van der Waals surface area contributed by atoms with Gasteiger partial charge in [-0.2, -0.15) is 5.10 Å². The Hall–Kier alpha value is -1.56. The molecule has 0 aliphatic rings. The summed E-state index contributed by atoms with van der Waals surface area (Å²) in [6, 6.07) is 0. The van der Waals surface area contributed by atoms with E-state index in [0.717, 1.165) is 0 Å². The van der Waals surface area contributed by atoms with Gasteiger partial charge in [0.05, 0.1) is 7.11 Å². The smallest absolute Gasteiger partial charge is 0.357 e. The molecule has 0 fully saturated rings. The molecule has 1 aromatic rings. The Morgan fingerprint density at radius 2 is 2.13 bits per heavy atom. The minimum Gasteiger partial charge on any atom is -0.464 e. The zero-order valence-electron chi connectivity index (χ0n) is 8.50. The van der Waals surface area contributed by atoms with Gasteiger partial charge in [-0.15, -0.1) is 0 Å². The number of esters is 1. The van der Waals surface area contributed by atoms with E-state index >= 15 is 0 Å². The van der Waals surface area contributed by atoms with Crippen molar-refractivity contribution < 1.29 is 14.3 Å². The van der Waals surface area contributed by atoms with Crippen LogP contribution in [0.5, 0.6) is 0 Å². The molecule has 6 nitrogen and oxygen atoms in total. The van der Waals surface area contributed by atoms with Crippen molar-refractivity contribution in [1.29, 1.82) is 0 Å². The summed E-state index contributed by atoms with van der Waals surface area (Å²) in [5, 5.41) is 6.18. The molecular weight excluding hydrogens is 222 g/mol. The second kappa shape index (κ2) is 4.31. The van der Waals surface area contributed by atoms with Crippen molar-refractivity contribution in [2.45, 2.75) is 0 Å². The highest BCUT2D eigenvalue weighted by molar-refractivity contribution is 6.36. The maximum Gasteiger partial charge on any atom is 0.357 e. The Balaban J connectivity index is 3.26. The number of rotatable bonds is 2. The van der Waals surface area contributed by atoms with Crippen LogP contribution in [0.15, 0.2) is 0 Å². The van der Waals surface area contributed by atoms with Gasteiger partial charge in [0.2, 0.25) is 0 Å². The standard InChI is InChI=1S/C8H10ClN3O3/c1-10-7(13)5-4(9)6(8(14)15-3)12(2)11-5/h1-3H3,(H,10,13). The number of amides is 1. The van der Waals surface area contributed by atoms with Crippen LogP contribution in [0.1, 0.15) is 21.0 Å². The molecule has 0 bridgehead atoms. The number of carbonyl (C=O) groups is 2. The highest BCUT2D eigenvalue weighted by atomic mass is 35.5. The minimum atomic E-state index is -0.634. The van der Waals surface area contributed by atoms with E-state index in [1.807, 2.05) is 0 Å². The predicted molar refractivity (Wildman–Crippen MR) is 52.9 cm³/mol. The first-order chi connectivity index (χ1) is 7.02. The van der Waals surface area contributed by atoms with Crippen molar-refractivity contribution in [1.82, 2.24) is 15.1 Å². The zero-order valence-corrected chi connectivity index (χ0v) is 9.25. The molecule has 82 valence electrons. The molecule has 0 unspecified atom stereocenters. The lowest BCUT2D eigenvalue weighted by Crippen LogP contribution is -2.18. The third-order valence-electron chi connectivity index (χ3n) is 1.81. The summed E-state index contributed by atoms with van der Waals surface area (Å²) in [6.07, 6.45) is 0. The van der Waals surface area contributed by atoms with Crippen LogP contribution in [-0.4, -0.2) is 35.8 Å². The molecule has 0 spiro atoms. The molecule has 0 radical (unpaired) electrons. The van der Waals surface area contributed by atoms with E-state index in [1.165, 1.54) is 25.9 Å². The van der Waals surface area contributed by atoms with Crippen LogP contribution in [0.3, 0.4) is 0 Å². The molecule has 7 heteroatoms. The number of nitrogens with zero attached hydrogens (tertiary/aromatic N) is 2. The quantitative estimate of drug-likeness (QED) is 0.739. The van der Waals surface area contributed by atoms with Gasteiger partial charge in [-0.1, -0.05) is 11.6 Å². The van der Waals surface area contributed by atoms with E-state index in [2.05, 4.69) is 15.2 Å². The molecule has 0 saturated heterocycles. The van der Waals surface area contributed by atoms with Gasteiger partial charge in [-0.05, 0) is 0 Å². The predicted octanol–water partition coefficient (Wildman–Crippen LogP) is 0.220. The van der Waals surface area contributed by atoms with Crippen molar-refractivity contribution >= 4 is 23.5 Å². The summed E-state index contributed by atoms with van der Waals surface area (Å²) < 4.78 is 5.72. The van der Waals surface area contributed by atoms with Crippen molar-refractivity contribution in [3.8, 4) is 0 Å². The third-order valence-corrected chi connectivity index (χ3v) is 2.17. The molecular formula is C8H10ClN3O3. The van der Waals surface area contributed by atoms with Crippen LogP contribution < -0.4 is 5.32 Å². The van der Waals surface area contributed by atoms with Crippen LogP contribution in [0.2, 0.25) is 5.02 Å². The van der Waals surface area contributed by atoms with Crippen LogP contribution in [0.25, 0.3) is 0 Å². The summed E-state index contributed by atoms with van der Waals surface area (Å²) >= 11 is 5.83. The summed E-state index contributed by atoms with van der Waals surface area (Å²) in [5.74, 6) is -1.09. The Morgan fingerprint density at radius 1 is 1.53 bits per heavy atom. The van der Waals surface area contributed by atoms with Crippen LogP contribution in [-0.2, 0) is 11.8 Å². The molecule has 1 N–H and O–H groups in total. The van der Waals surface area contributed by atoms with Crippen LogP contribution in [0, 0.1) is 0 Å². The topological polar surface area (TPSA) is 73.2 Å². The molecule has 1 aromatic heterocycles. The van der Waals surface area contributed by atoms with E-state index in [-0.39, 0.29) is 16.4 Å². The molecule has 0 aromatic carbocycles. The van der Waals surface area contributed by atoms with E-state index in [9.17, 15) is 9.59 Å². The number of aromatic nitrogens is 2. The van der Waals surface area contributed by atoms with Crippen molar-refractivity contribution in [3.63, 3.8) is 0 Å². The summed E-state index contributed by atoms with van der Waals surface area (Å²) in [4.78, 5) is 22.6. The number of carbonyl (C=O) groups excluding carboxylic acids is 2. The van der Waals surface area contributed by atoms with E-state index in [4.69, 9.17) is 11.6 Å². The average molecular weight is 232 g/mol. The van der Waals surface area contributed by atoms with Crippen molar-refractivity contribution in [3.05, 3.63) is 16.4 Å². The second-order valence-corrected chi connectivity index (χ2v) is 3.08. The highest BCUT2D eigenvalue weighted by Gasteiger charge is 2.24. The SMILES string of the molecule is CNC(=O)c1nn(C)c(C(=O)OC)c1Cl. The molecule has 1 rings (SSSR count). The fourth-order valence-electron chi connectivity index (χ4n) is 1.08. The second-order valence-electron chi connectivity index (χ2n) is 2.71. The lowest BCUT2D eigenvalue weighted by atomic mass is 10.3. The van der Waals surface area contributed by atoms with E-state index in [1.54, 1.807) is 0 Å². The number of hydrogen-bond acceptors (Lipinski definition) is 4. The molecule has 15 heavy (non-hydrogen) atoms. The molecule has 0 atom stereocenters. The third kappa shape index (κ3) is 1.94. The van der Waals surface area contributed by atoms with Gasteiger partial charge in [0, 0.05) is 14.1 Å². The van der Waals surface area contributed by atoms with Gasteiger partial charge in [-0.25, -0.2) is 4.79 Å². The van der Waals surface area contributed by atoms with Crippen LogP contribution in [0.4, 0.5) is 0 Å². The zero-order chi connectivity index (χ0) is 11.6. The van der Waals surface area contributed by atoms with Crippen molar-refractivity contribution in [2.75, 3.05) is 14.2 Å². The molecule has 1 amide bonds. The summed E-state index contributed by atoms with van der Waals surface area (Å²) in [5.41, 5.74) is 0.0554. The average Bonchev–Trinajstić information content (AvgIpc) is 2.52. The fourth-order valence-corrected chi connectivity index (χ4v) is 1.40. The largest absolute Gasteiger partial charge is 0.464 e. The molecule has 0 aliphatic carbocycles. The molecule has 0 aliphatic heterocycles. The first kappa shape index (κ1) is 11.5. The van der Waals surface area contributed by atoms with Gasteiger partial charge < -0.3 is 10.1 Å². The summed E-state index contributed by atoms with van der Waals surface area (Å²) in [7, 11) is 4.18. The molecule has 0 saturated carbocycles. The van der Waals surface area contributed by atoms with Gasteiger partial charge in [-0.3, -0.25) is 9.48 Å². The molecule has 1 heterocycles. The van der Waals surface area contributed by atoms with Gasteiger partial charge >= 0.3 is 5.97 Å². The first-order valence-corrected chi connectivity index (χ1v) is 4.43. The van der Waals surface area contributed by atoms with Gasteiger partial charge in [0.25, 0.3) is 5.91 Å². The minimum absolute atomic E-state index is 0.00191. The number of ether oxygens (including phenoxy) is 1. The number of halogens is 1. The van der Waals surface area contributed by atoms with E-state index in [0.29, 0.717) is 0 Å². The summed E-state index contributed by atoms with van der Waals surface area (Å²) in [6.45, 7) is 0. The van der Waals surface area contributed by atoms with Crippen molar-refractivity contribution in [2.24, 2.45) is 7.05 Å². The normalized spacial score (nSPS) is 9.87. The fraction of sp³-hybridized carbons (Fsp3) is 0.375. The van der Waals surface area contributed by atoms with Crippen LogP contribution >= 0.6 is 11.6 Å². The monoisotopic (exact) mass is 231 g/mol. The lowest BCUT2D eigenvalue weighted by Gasteiger charge is -1.98. The Kier molecular flexibility index (Phi) is 3.31. The van der Waals surface area contributed by atoms with Gasteiger partial charge in [0.15, 0.2) is 11.4 Å². The maximum atomic E-state index is 11.3. The Labute approximate surface area is 91.2 Å². The lowest BCUT2D eigenvalue weighted by molar-refractivity contribution is 0.0588. The van der Waals surface area contributed by atoms with E-state index < -0.39 is 11.9 Å². The number of aryl methyl sites for hydroxylation is 1. The Bertz CT molecular complexity index is 414. The number of nitrogens with one attached hydrogen (secondary N) is 1. The maximum absolute atomic E-state index is 11.3.